The minimum absolute atomic E-state index is 0.0882. The lowest BCUT2D eigenvalue weighted by atomic mass is 9.55. The van der Waals surface area contributed by atoms with Gasteiger partial charge in [-0.25, -0.2) is 4.90 Å². The van der Waals surface area contributed by atoms with E-state index < -0.39 is 16.2 Å². The van der Waals surface area contributed by atoms with E-state index in [4.69, 9.17) is 0 Å². The van der Waals surface area contributed by atoms with Gasteiger partial charge in [-0.2, -0.15) is 0 Å². The van der Waals surface area contributed by atoms with Crippen molar-refractivity contribution < 1.29 is 9.59 Å². The molecule has 3 aromatic carbocycles. The highest BCUT2D eigenvalue weighted by molar-refractivity contribution is 9.09. The van der Waals surface area contributed by atoms with Crippen LogP contribution in [-0.2, 0) is 13.9 Å². The summed E-state index contributed by atoms with van der Waals surface area (Å²) in [6, 6.07) is 22.4. The van der Waals surface area contributed by atoms with Gasteiger partial charge in [0, 0.05) is 5.92 Å². The van der Waals surface area contributed by atoms with Crippen molar-refractivity contribution in [2.24, 2.45) is 11.8 Å². The van der Waals surface area contributed by atoms with E-state index in [2.05, 4.69) is 40.2 Å². The predicted molar refractivity (Wildman–Crippen MR) is 120 cm³/mol. The number of halogens is 1. The van der Waals surface area contributed by atoms with E-state index in [-0.39, 0.29) is 17.7 Å². The second-order valence-electron chi connectivity index (χ2n) is 8.67. The van der Waals surface area contributed by atoms with Crippen molar-refractivity contribution in [3.63, 3.8) is 0 Å². The monoisotopic (exact) mass is 457 g/mol. The molecule has 0 saturated carbocycles. The SMILES string of the molecule is Cc1ccc(N2C(=O)[C@@H]3[C@@H](C2=O)C2c4ccccc4C3(Br)c3ccccc32)c(C)c1. The van der Waals surface area contributed by atoms with E-state index in [1.54, 1.807) is 0 Å². The van der Waals surface area contributed by atoms with Crippen LogP contribution in [0, 0.1) is 25.7 Å². The molecule has 0 spiro atoms. The lowest BCUT2D eigenvalue weighted by Gasteiger charge is -2.51. The summed E-state index contributed by atoms with van der Waals surface area (Å²) >= 11 is 4.04. The van der Waals surface area contributed by atoms with Crippen LogP contribution >= 0.6 is 15.9 Å². The number of amides is 2. The van der Waals surface area contributed by atoms with Crippen molar-refractivity contribution in [2.45, 2.75) is 24.1 Å². The number of benzene rings is 3. The van der Waals surface area contributed by atoms with Crippen LogP contribution in [0.5, 0.6) is 0 Å². The molecular weight excluding hydrogens is 438 g/mol. The van der Waals surface area contributed by atoms with Crippen LogP contribution in [-0.4, -0.2) is 11.8 Å². The quantitative estimate of drug-likeness (QED) is 0.371. The molecule has 4 aliphatic rings. The Balaban J connectivity index is 1.62. The fourth-order valence-corrected chi connectivity index (χ4v) is 7.18. The second-order valence-corrected chi connectivity index (χ2v) is 9.92. The first kappa shape index (κ1) is 18.1. The van der Waals surface area contributed by atoms with E-state index in [0.29, 0.717) is 5.69 Å². The van der Waals surface area contributed by atoms with Crippen molar-refractivity contribution in [3.8, 4) is 0 Å². The molecule has 30 heavy (non-hydrogen) atoms. The zero-order valence-corrected chi connectivity index (χ0v) is 18.3. The molecule has 1 heterocycles. The molecular formula is C26H20BrNO2. The van der Waals surface area contributed by atoms with Crippen molar-refractivity contribution in [1.29, 1.82) is 0 Å². The van der Waals surface area contributed by atoms with Crippen LogP contribution in [0.4, 0.5) is 5.69 Å². The number of aryl methyl sites for hydroxylation is 2. The highest BCUT2D eigenvalue weighted by atomic mass is 79.9. The standard InChI is InChI=1S/C26H20BrNO2/c1-14-11-12-20(15(2)13-14)28-24(29)22-21-16-7-3-5-9-18(16)26(27,23(22)25(28)30)19-10-6-4-8-17(19)21/h3-13,21-23H,1-2H3/t21?,22-,23-,26?/m0/s1. The molecule has 0 N–H and O–H groups in total. The molecule has 0 radical (unpaired) electrons. The largest absolute Gasteiger partial charge is 0.274 e. The summed E-state index contributed by atoms with van der Waals surface area (Å²) in [7, 11) is 0. The summed E-state index contributed by atoms with van der Waals surface area (Å²) in [5.74, 6) is -1.16. The van der Waals surface area contributed by atoms with Gasteiger partial charge in [-0.1, -0.05) is 82.2 Å². The molecule has 3 aliphatic carbocycles. The molecule has 1 fully saturated rings. The molecule has 3 nitrogen and oxygen atoms in total. The average Bonchev–Trinajstić information content (AvgIpc) is 3.01. The van der Waals surface area contributed by atoms with E-state index in [1.165, 1.54) is 4.90 Å². The van der Waals surface area contributed by atoms with E-state index >= 15 is 0 Å². The lowest BCUT2D eigenvalue weighted by Crippen LogP contribution is -2.50. The molecule has 148 valence electrons. The maximum Gasteiger partial charge on any atom is 0.239 e. The molecule has 2 amide bonds. The first-order valence-electron chi connectivity index (χ1n) is 10.3. The van der Waals surface area contributed by atoms with Gasteiger partial charge in [0.05, 0.1) is 21.8 Å². The van der Waals surface area contributed by atoms with Gasteiger partial charge in [0.15, 0.2) is 0 Å². The molecule has 4 heteroatoms. The molecule has 1 saturated heterocycles. The van der Waals surface area contributed by atoms with Gasteiger partial charge in [0.1, 0.15) is 0 Å². The summed E-state index contributed by atoms with van der Waals surface area (Å²) in [5.41, 5.74) is 7.28. The third-order valence-electron chi connectivity index (χ3n) is 7.11. The van der Waals surface area contributed by atoms with Gasteiger partial charge in [-0.05, 0) is 47.7 Å². The predicted octanol–water partition coefficient (Wildman–Crippen LogP) is 5.21. The number of rotatable bonds is 1. The van der Waals surface area contributed by atoms with Crippen LogP contribution in [0.2, 0.25) is 0 Å². The maximum absolute atomic E-state index is 13.9. The molecule has 2 bridgehead atoms. The Kier molecular flexibility index (Phi) is 3.57. The number of carbonyl (C=O) groups excluding carboxylic acids is 2. The Labute approximate surface area is 183 Å². The Morgan fingerprint density at radius 2 is 1.43 bits per heavy atom. The van der Waals surface area contributed by atoms with Crippen molar-refractivity contribution >= 4 is 33.4 Å². The van der Waals surface area contributed by atoms with Gasteiger partial charge >= 0.3 is 0 Å². The average molecular weight is 458 g/mol. The van der Waals surface area contributed by atoms with Crippen LogP contribution < -0.4 is 4.90 Å². The zero-order valence-electron chi connectivity index (χ0n) is 16.7. The fraction of sp³-hybridized carbons (Fsp3) is 0.231. The van der Waals surface area contributed by atoms with Crippen LogP contribution in [0.1, 0.15) is 39.3 Å². The first-order valence-corrected chi connectivity index (χ1v) is 11.1. The number of hydrogen-bond acceptors (Lipinski definition) is 2. The van der Waals surface area contributed by atoms with Crippen LogP contribution in [0.3, 0.4) is 0 Å². The molecule has 7 rings (SSSR count). The normalized spacial score (nSPS) is 28.4. The summed E-state index contributed by atoms with van der Waals surface area (Å²) in [4.78, 5) is 29.2. The number of alkyl halides is 1. The fourth-order valence-electron chi connectivity index (χ4n) is 5.97. The molecule has 3 aromatic rings. The van der Waals surface area contributed by atoms with E-state index in [9.17, 15) is 9.59 Å². The summed E-state index contributed by atoms with van der Waals surface area (Å²) in [6.45, 7) is 3.98. The van der Waals surface area contributed by atoms with Gasteiger partial charge in [-0.15, -0.1) is 0 Å². The summed E-state index contributed by atoms with van der Waals surface area (Å²) in [6.07, 6.45) is 0. The Morgan fingerprint density at radius 1 is 0.833 bits per heavy atom. The number of nitrogens with zero attached hydrogens (tertiary/aromatic N) is 1. The van der Waals surface area contributed by atoms with Crippen LogP contribution in [0.15, 0.2) is 66.7 Å². The number of imide groups is 1. The Hall–Kier alpha value is -2.72. The minimum Gasteiger partial charge on any atom is -0.274 e. The molecule has 2 atom stereocenters. The van der Waals surface area contributed by atoms with Crippen molar-refractivity contribution in [1.82, 2.24) is 0 Å². The third kappa shape index (κ3) is 2.00. The lowest BCUT2D eigenvalue weighted by molar-refractivity contribution is -0.122. The Morgan fingerprint density at radius 3 is 2.03 bits per heavy atom. The smallest absolute Gasteiger partial charge is 0.239 e. The zero-order chi connectivity index (χ0) is 20.8. The van der Waals surface area contributed by atoms with Gasteiger partial charge in [-0.3, -0.25) is 9.59 Å². The summed E-state index contributed by atoms with van der Waals surface area (Å²) in [5, 5.41) is 0. The highest BCUT2D eigenvalue weighted by Crippen LogP contribution is 2.66. The van der Waals surface area contributed by atoms with E-state index in [1.807, 2.05) is 56.3 Å². The third-order valence-corrected chi connectivity index (χ3v) is 8.46. The molecule has 0 aromatic heterocycles. The van der Waals surface area contributed by atoms with Crippen molar-refractivity contribution in [2.75, 3.05) is 4.90 Å². The van der Waals surface area contributed by atoms with Gasteiger partial charge in [0.2, 0.25) is 11.8 Å². The number of carbonyl (C=O) groups is 2. The van der Waals surface area contributed by atoms with Crippen LogP contribution in [0.25, 0.3) is 0 Å². The summed E-state index contributed by atoms with van der Waals surface area (Å²) < 4.78 is -0.695. The number of anilines is 1. The highest BCUT2D eigenvalue weighted by Gasteiger charge is 2.67. The molecule has 0 unspecified atom stereocenters. The van der Waals surface area contributed by atoms with Crippen molar-refractivity contribution in [3.05, 3.63) is 100 Å². The maximum atomic E-state index is 13.9. The van der Waals surface area contributed by atoms with Gasteiger partial charge < -0.3 is 0 Å². The number of hydrogen-bond donors (Lipinski definition) is 0. The topological polar surface area (TPSA) is 37.4 Å². The minimum atomic E-state index is -0.695. The molecule has 1 aliphatic heterocycles. The second kappa shape index (κ2) is 5.92. The van der Waals surface area contributed by atoms with Gasteiger partial charge in [0.25, 0.3) is 0 Å². The van der Waals surface area contributed by atoms with E-state index in [0.717, 1.165) is 33.4 Å². The first-order chi connectivity index (χ1) is 14.4. The Bertz CT molecular complexity index is 1220.